The van der Waals surface area contributed by atoms with Crippen molar-refractivity contribution < 1.29 is 0 Å². The molecule has 19 heavy (non-hydrogen) atoms. The van der Waals surface area contributed by atoms with Gasteiger partial charge in [0.15, 0.2) is 0 Å². The van der Waals surface area contributed by atoms with Crippen molar-refractivity contribution in [2.75, 3.05) is 26.2 Å². The van der Waals surface area contributed by atoms with E-state index in [9.17, 15) is 5.26 Å². The summed E-state index contributed by atoms with van der Waals surface area (Å²) in [5.74, 6) is 0. The molecular formula is C15H18ClN3. The summed E-state index contributed by atoms with van der Waals surface area (Å²) in [6.45, 7) is 4.44. The molecule has 100 valence electrons. The quantitative estimate of drug-likeness (QED) is 0.852. The van der Waals surface area contributed by atoms with E-state index in [0.29, 0.717) is 11.1 Å². The van der Waals surface area contributed by atoms with Gasteiger partial charge in [-0.3, -0.25) is 4.90 Å². The molecule has 4 heteroatoms. The van der Waals surface area contributed by atoms with Crippen molar-refractivity contribution in [3.05, 3.63) is 33.8 Å². The monoisotopic (exact) mass is 275 g/mol. The van der Waals surface area contributed by atoms with Crippen LogP contribution in [0.2, 0.25) is 5.02 Å². The molecule has 0 saturated carbocycles. The molecule has 1 saturated heterocycles. The van der Waals surface area contributed by atoms with Crippen LogP contribution in [0.5, 0.6) is 0 Å². The molecule has 1 aromatic rings. The minimum atomic E-state index is 0.542. The second-order valence-corrected chi connectivity index (χ2v) is 5.84. The second kappa shape index (κ2) is 5.50. The molecular weight excluding hydrogens is 258 g/mol. The molecule has 3 rings (SSSR count). The molecule has 2 aliphatic rings. The van der Waals surface area contributed by atoms with Crippen LogP contribution in [0.4, 0.5) is 0 Å². The van der Waals surface area contributed by atoms with Gasteiger partial charge in [0.25, 0.3) is 0 Å². The number of hydrogen-bond donors (Lipinski definition) is 1. The molecule has 0 radical (unpaired) electrons. The molecule has 0 amide bonds. The minimum Gasteiger partial charge on any atom is -0.315 e. The van der Waals surface area contributed by atoms with Gasteiger partial charge in [0, 0.05) is 24.2 Å². The average Bonchev–Trinajstić information content (AvgIpc) is 2.65. The Morgan fingerprint density at radius 1 is 1.26 bits per heavy atom. The number of hydrogen-bond acceptors (Lipinski definition) is 3. The fourth-order valence-electron chi connectivity index (χ4n) is 3.27. The number of nitrogens with zero attached hydrogens (tertiary/aromatic N) is 2. The largest absolute Gasteiger partial charge is 0.315 e. The molecule has 1 aliphatic heterocycles. The molecule has 0 bridgehead atoms. The van der Waals surface area contributed by atoms with E-state index in [1.165, 1.54) is 17.5 Å². The van der Waals surface area contributed by atoms with Crippen molar-refractivity contribution in [3.63, 3.8) is 0 Å². The van der Waals surface area contributed by atoms with Gasteiger partial charge in [0.2, 0.25) is 0 Å². The maximum Gasteiger partial charge on any atom is 0.0995 e. The van der Waals surface area contributed by atoms with E-state index >= 15 is 0 Å². The lowest BCUT2D eigenvalue weighted by atomic mass is 10.0. The molecule has 1 aromatic carbocycles. The molecule has 1 aliphatic carbocycles. The van der Waals surface area contributed by atoms with Crippen LogP contribution >= 0.6 is 11.6 Å². The Labute approximate surface area is 119 Å². The zero-order chi connectivity index (χ0) is 13.2. The SMILES string of the molecule is N#Cc1cc(Cl)cc2c1CC(N1CCCNCC1)C2. The summed E-state index contributed by atoms with van der Waals surface area (Å²) in [5, 5.41) is 13.4. The average molecular weight is 276 g/mol. The summed E-state index contributed by atoms with van der Waals surface area (Å²) in [4.78, 5) is 2.56. The first-order valence-corrected chi connectivity index (χ1v) is 7.32. The predicted octanol–water partition coefficient (Wildman–Crippen LogP) is 1.97. The number of rotatable bonds is 1. The summed E-state index contributed by atoms with van der Waals surface area (Å²) in [6, 6.07) is 6.66. The molecule has 1 heterocycles. The van der Waals surface area contributed by atoms with E-state index in [1.807, 2.05) is 6.07 Å². The van der Waals surface area contributed by atoms with Gasteiger partial charge in [-0.25, -0.2) is 0 Å². The summed E-state index contributed by atoms with van der Waals surface area (Å²) in [7, 11) is 0. The van der Waals surface area contributed by atoms with Gasteiger partial charge in [-0.15, -0.1) is 0 Å². The van der Waals surface area contributed by atoms with Crippen molar-refractivity contribution >= 4 is 11.6 Å². The fraction of sp³-hybridized carbons (Fsp3) is 0.533. The van der Waals surface area contributed by atoms with Gasteiger partial charge in [0.1, 0.15) is 0 Å². The third-order valence-electron chi connectivity index (χ3n) is 4.21. The van der Waals surface area contributed by atoms with E-state index in [1.54, 1.807) is 6.07 Å². The van der Waals surface area contributed by atoms with Crippen LogP contribution in [0.3, 0.4) is 0 Å². The van der Waals surface area contributed by atoms with Crippen LogP contribution in [-0.2, 0) is 12.8 Å². The predicted molar refractivity (Wildman–Crippen MR) is 76.4 cm³/mol. The van der Waals surface area contributed by atoms with E-state index in [2.05, 4.69) is 16.3 Å². The Kier molecular flexibility index (Phi) is 3.74. The van der Waals surface area contributed by atoms with Gasteiger partial charge < -0.3 is 5.32 Å². The van der Waals surface area contributed by atoms with Crippen molar-refractivity contribution in [2.24, 2.45) is 0 Å². The fourth-order valence-corrected chi connectivity index (χ4v) is 3.51. The lowest BCUT2D eigenvalue weighted by molar-refractivity contribution is 0.215. The lowest BCUT2D eigenvalue weighted by Crippen LogP contribution is -2.38. The molecule has 0 spiro atoms. The highest BCUT2D eigenvalue weighted by atomic mass is 35.5. The third kappa shape index (κ3) is 2.62. The minimum absolute atomic E-state index is 0.542. The van der Waals surface area contributed by atoms with E-state index < -0.39 is 0 Å². The van der Waals surface area contributed by atoms with Crippen LogP contribution in [0.15, 0.2) is 12.1 Å². The highest BCUT2D eigenvalue weighted by Gasteiger charge is 2.29. The highest BCUT2D eigenvalue weighted by Crippen LogP contribution is 2.31. The number of fused-ring (bicyclic) bond motifs is 1. The maximum atomic E-state index is 9.24. The molecule has 3 nitrogen and oxygen atoms in total. The van der Waals surface area contributed by atoms with Gasteiger partial charge in [0.05, 0.1) is 11.6 Å². The third-order valence-corrected chi connectivity index (χ3v) is 4.43. The Hall–Kier alpha value is -1.08. The van der Waals surface area contributed by atoms with Gasteiger partial charge in [-0.2, -0.15) is 5.26 Å². The number of nitriles is 1. The van der Waals surface area contributed by atoms with E-state index in [0.717, 1.165) is 44.6 Å². The molecule has 1 atom stereocenters. The van der Waals surface area contributed by atoms with Crippen LogP contribution in [0.25, 0.3) is 0 Å². The molecule has 1 N–H and O–H groups in total. The summed E-state index contributed by atoms with van der Waals surface area (Å²) >= 11 is 6.09. The van der Waals surface area contributed by atoms with Crippen molar-refractivity contribution in [1.29, 1.82) is 5.26 Å². The number of halogens is 1. The first-order chi connectivity index (χ1) is 9.28. The Morgan fingerprint density at radius 3 is 3.00 bits per heavy atom. The van der Waals surface area contributed by atoms with Gasteiger partial charge >= 0.3 is 0 Å². The molecule has 1 unspecified atom stereocenters. The van der Waals surface area contributed by atoms with Crippen LogP contribution < -0.4 is 5.32 Å². The topological polar surface area (TPSA) is 39.1 Å². The lowest BCUT2D eigenvalue weighted by Gasteiger charge is -2.26. The standard InChI is InChI=1S/C15H18ClN3/c16-13-6-11-8-14(9-15(11)12(7-13)10-17)19-4-1-2-18-3-5-19/h6-7,14,18H,1-5,8-9H2. The smallest absolute Gasteiger partial charge is 0.0995 e. The molecule has 0 aromatic heterocycles. The Balaban J connectivity index is 1.81. The summed E-state index contributed by atoms with van der Waals surface area (Å²) in [6.07, 6.45) is 3.23. The van der Waals surface area contributed by atoms with Gasteiger partial charge in [-0.1, -0.05) is 11.6 Å². The highest BCUT2D eigenvalue weighted by molar-refractivity contribution is 6.30. The first-order valence-electron chi connectivity index (χ1n) is 6.94. The zero-order valence-corrected chi connectivity index (χ0v) is 11.7. The normalized spacial score (nSPS) is 23.7. The Bertz CT molecular complexity index is 513. The summed E-state index contributed by atoms with van der Waals surface area (Å²) < 4.78 is 0. The summed E-state index contributed by atoms with van der Waals surface area (Å²) in [5.41, 5.74) is 3.25. The van der Waals surface area contributed by atoms with Crippen molar-refractivity contribution in [2.45, 2.75) is 25.3 Å². The van der Waals surface area contributed by atoms with E-state index in [4.69, 9.17) is 11.6 Å². The number of nitrogens with one attached hydrogen (secondary N) is 1. The Morgan fingerprint density at radius 2 is 2.16 bits per heavy atom. The molecule has 1 fully saturated rings. The van der Waals surface area contributed by atoms with Crippen molar-refractivity contribution in [1.82, 2.24) is 10.2 Å². The maximum absolute atomic E-state index is 9.24. The zero-order valence-electron chi connectivity index (χ0n) is 11.0. The van der Waals surface area contributed by atoms with Crippen LogP contribution in [0, 0.1) is 11.3 Å². The van der Waals surface area contributed by atoms with Crippen LogP contribution in [-0.4, -0.2) is 37.1 Å². The van der Waals surface area contributed by atoms with E-state index in [-0.39, 0.29) is 0 Å². The first kappa shape index (κ1) is 12.9. The van der Waals surface area contributed by atoms with Crippen LogP contribution in [0.1, 0.15) is 23.1 Å². The number of benzene rings is 1. The van der Waals surface area contributed by atoms with Gasteiger partial charge in [-0.05, 0) is 55.6 Å². The second-order valence-electron chi connectivity index (χ2n) is 5.40. The van der Waals surface area contributed by atoms with Crippen molar-refractivity contribution in [3.8, 4) is 6.07 Å².